The molecule has 2 aromatic rings. The zero-order valence-electron chi connectivity index (χ0n) is 14.8. The Kier molecular flexibility index (Phi) is 4.55. The summed E-state index contributed by atoms with van der Waals surface area (Å²) in [4.78, 5) is 0. The molecule has 1 heterocycles. The Balaban J connectivity index is 1.88. The van der Waals surface area contributed by atoms with Gasteiger partial charge in [0, 0.05) is 21.7 Å². The number of nitrogens with one attached hydrogen (secondary N) is 1. The molecule has 4 nitrogen and oxygen atoms in total. The van der Waals surface area contributed by atoms with Crippen molar-refractivity contribution in [2.75, 3.05) is 11.0 Å². The second-order valence-electron chi connectivity index (χ2n) is 7.08. The number of benzene rings is 2. The molecule has 0 atom stereocenters. The van der Waals surface area contributed by atoms with Crippen molar-refractivity contribution in [3.63, 3.8) is 0 Å². The lowest BCUT2D eigenvalue weighted by Gasteiger charge is -2.37. The van der Waals surface area contributed by atoms with Crippen LogP contribution in [0.4, 0.5) is 10.1 Å². The van der Waals surface area contributed by atoms with Crippen LogP contribution in [0.3, 0.4) is 0 Å². The third-order valence-electron chi connectivity index (χ3n) is 5.02. The second kappa shape index (κ2) is 6.63. The number of anilines is 1. The minimum Gasteiger partial charge on any atom is -0.481 e. The normalized spacial score (nSPS) is 18.3. The highest BCUT2D eigenvalue weighted by molar-refractivity contribution is 9.12. The van der Waals surface area contributed by atoms with Crippen LogP contribution in [0.2, 0.25) is 0 Å². The molecule has 0 bridgehead atoms. The van der Waals surface area contributed by atoms with Gasteiger partial charge < -0.3 is 4.74 Å². The molecular formula is C20H19BrFNO3S. The maximum absolute atomic E-state index is 13.4. The molecule has 4 rings (SSSR count). The van der Waals surface area contributed by atoms with E-state index < -0.39 is 15.6 Å². The summed E-state index contributed by atoms with van der Waals surface area (Å²) < 4.78 is 46.5. The molecule has 7 heteroatoms. The first-order valence-corrected chi connectivity index (χ1v) is 11.4. The minimum atomic E-state index is -3.38. The van der Waals surface area contributed by atoms with Crippen molar-refractivity contribution in [1.82, 2.24) is 0 Å². The van der Waals surface area contributed by atoms with Crippen molar-refractivity contribution in [3.05, 3.63) is 63.9 Å². The average Bonchev–Trinajstić information content (AvgIpc) is 3.05. The maximum Gasteiger partial charge on any atom is 0.229 e. The van der Waals surface area contributed by atoms with Crippen molar-refractivity contribution in [1.29, 1.82) is 0 Å². The van der Waals surface area contributed by atoms with Crippen LogP contribution in [-0.2, 0) is 10.0 Å². The monoisotopic (exact) mass is 451 g/mol. The van der Waals surface area contributed by atoms with Gasteiger partial charge in [0.05, 0.1) is 11.9 Å². The van der Waals surface area contributed by atoms with Crippen LogP contribution in [0.5, 0.6) is 5.75 Å². The van der Waals surface area contributed by atoms with Gasteiger partial charge in [0.2, 0.25) is 10.0 Å². The van der Waals surface area contributed by atoms with E-state index in [9.17, 15) is 12.8 Å². The van der Waals surface area contributed by atoms with Crippen molar-refractivity contribution < 1.29 is 17.5 Å². The molecule has 1 saturated carbocycles. The Morgan fingerprint density at radius 1 is 1.11 bits per heavy atom. The summed E-state index contributed by atoms with van der Waals surface area (Å²) in [5.74, 6) is 0.346. The molecule has 0 aromatic heterocycles. The van der Waals surface area contributed by atoms with E-state index in [1.807, 2.05) is 6.07 Å². The summed E-state index contributed by atoms with van der Waals surface area (Å²) in [5, 5.41) is 0. The molecule has 0 unspecified atom stereocenters. The molecule has 1 N–H and O–H groups in total. The number of rotatable bonds is 3. The number of fused-ring (bicyclic) bond motifs is 1. The number of hydrogen-bond donors (Lipinski definition) is 1. The van der Waals surface area contributed by atoms with E-state index >= 15 is 0 Å². The predicted molar refractivity (Wildman–Crippen MR) is 108 cm³/mol. The fraction of sp³-hybridized carbons (Fsp3) is 0.300. The molecule has 0 radical (unpaired) electrons. The van der Waals surface area contributed by atoms with Crippen LogP contribution in [0.1, 0.15) is 36.8 Å². The fourth-order valence-corrected chi connectivity index (χ4v) is 5.33. The SMILES string of the molecule is CS(=O)(=O)Nc1ccc2c(c1)OC1(CCCC1)C(Br)=C2c1ccc(F)cc1. The van der Waals surface area contributed by atoms with Crippen LogP contribution >= 0.6 is 15.9 Å². The molecule has 27 heavy (non-hydrogen) atoms. The standard InChI is InChI=1S/C20H19BrFNO3S/c1-27(24,25)23-15-8-9-16-17(12-15)26-20(10-2-3-11-20)19(21)18(16)13-4-6-14(22)7-5-13/h4-9,12,23H,2-3,10-11H2,1H3. The highest BCUT2D eigenvalue weighted by Gasteiger charge is 2.44. The van der Waals surface area contributed by atoms with Crippen molar-refractivity contribution >= 4 is 37.2 Å². The average molecular weight is 452 g/mol. The third-order valence-corrected chi connectivity index (χ3v) is 6.75. The molecule has 0 amide bonds. The van der Waals surface area contributed by atoms with E-state index in [4.69, 9.17) is 4.74 Å². The Labute approximate surface area is 166 Å². The molecule has 2 aliphatic rings. The summed E-state index contributed by atoms with van der Waals surface area (Å²) in [7, 11) is -3.38. The summed E-state index contributed by atoms with van der Waals surface area (Å²) >= 11 is 3.78. The quantitative estimate of drug-likeness (QED) is 0.709. The highest BCUT2D eigenvalue weighted by Crippen LogP contribution is 2.52. The number of hydrogen-bond acceptors (Lipinski definition) is 3. The van der Waals surface area contributed by atoms with Gasteiger partial charge in [-0.25, -0.2) is 12.8 Å². The smallest absolute Gasteiger partial charge is 0.229 e. The molecule has 142 valence electrons. The summed E-state index contributed by atoms with van der Waals surface area (Å²) in [6.07, 6.45) is 4.99. The van der Waals surface area contributed by atoms with Gasteiger partial charge in [0.1, 0.15) is 17.2 Å². The Hall–Kier alpha value is -1.86. The van der Waals surface area contributed by atoms with Gasteiger partial charge in [-0.2, -0.15) is 0 Å². The van der Waals surface area contributed by atoms with Crippen LogP contribution in [-0.4, -0.2) is 20.3 Å². The number of halogens is 2. The van der Waals surface area contributed by atoms with Crippen LogP contribution in [0.15, 0.2) is 46.9 Å². The van der Waals surface area contributed by atoms with Crippen LogP contribution in [0.25, 0.3) is 5.57 Å². The van der Waals surface area contributed by atoms with Gasteiger partial charge >= 0.3 is 0 Å². The molecule has 0 saturated heterocycles. The van der Waals surface area contributed by atoms with Crippen molar-refractivity contribution in [3.8, 4) is 5.75 Å². The largest absolute Gasteiger partial charge is 0.481 e. The van der Waals surface area contributed by atoms with Gasteiger partial charge in [-0.15, -0.1) is 0 Å². The van der Waals surface area contributed by atoms with Crippen molar-refractivity contribution in [2.24, 2.45) is 0 Å². The van der Waals surface area contributed by atoms with Gasteiger partial charge in [0.25, 0.3) is 0 Å². The Morgan fingerprint density at radius 3 is 2.41 bits per heavy atom. The Morgan fingerprint density at radius 2 is 1.78 bits per heavy atom. The van der Waals surface area contributed by atoms with Crippen LogP contribution in [0, 0.1) is 5.82 Å². The maximum atomic E-state index is 13.4. The Bertz CT molecular complexity index is 1030. The van der Waals surface area contributed by atoms with E-state index in [-0.39, 0.29) is 5.82 Å². The lowest BCUT2D eigenvalue weighted by molar-refractivity contribution is 0.121. The predicted octanol–water partition coefficient (Wildman–Crippen LogP) is 5.06. The first kappa shape index (κ1) is 18.5. The molecule has 1 spiro atoms. The lowest BCUT2D eigenvalue weighted by Crippen LogP contribution is -2.36. The summed E-state index contributed by atoms with van der Waals surface area (Å²) in [6.45, 7) is 0. The first-order valence-electron chi connectivity index (χ1n) is 8.75. The first-order chi connectivity index (χ1) is 12.8. The second-order valence-corrected chi connectivity index (χ2v) is 9.63. The molecule has 1 aliphatic heterocycles. The van der Waals surface area contributed by atoms with Gasteiger partial charge in [-0.3, -0.25) is 4.72 Å². The van der Waals surface area contributed by atoms with Crippen LogP contribution < -0.4 is 9.46 Å². The zero-order chi connectivity index (χ0) is 19.2. The van der Waals surface area contributed by atoms with E-state index in [0.29, 0.717) is 11.4 Å². The van der Waals surface area contributed by atoms with E-state index in [1.165, 1.54) is 12.1 Å². The van der Waals surface area contributed by atoms with Crippen molar-refractivity contribution in [2.45, 2.75) is 31.3 Å². The zero-order valence-corrected chi connectivity index (χ0v) is 17.2. The fourth-order valence-electron chi connectivity index (χ4n) is 3.86. The molecule has 1 aliphatic carbocycles. The minimum absolute atomic E-state index is 0.286. The summed E-state index contributed by atoms with van der Waals surface area (Å²) in [6, 6.07) is 11.7. The molecule has 2 aromatic carbocycles. The van der Waals surface area contributed by atoms with E-state index in [1.54, 1.807) is 24.3 Å². The number of ether oxygens (including phenoxy) is 1. The highest BCUT2D eigenvalue weighted by atomic mass is 79.9. The van der Waals surface area contributed by atoms with Gasteiger partial charge in [0.15, 0.2) is 0 Å². The third kappa shape index (κ3) is 3.50. The molecule has 1 fully saturated rings. The van der Waals surface area contributed by atoms with Gasteiger partial charge in [-0.1, -0.05) is 28.1 Å². The molecular weight excluding hydrogens is 433 g/mol. The summed E-state index contributed by atoms with van der Waals surface area (Å²) in [5.41, 5.74) is 2.71. The lowest BCUT2D eigenvalue weighted by atomic mass is 9.87. The number of sulfonamides is 1. The van der Waals surface area contributed by atoms with Gasteiger partial charge in [-0.05, 0) is 55.5 Å². The van der Waals surface area contributed by atoms with E-state index in [2.05, 4.69) is 20.7 Å². The topological polar surface area (TPSA) is 55.4 Å². The van der Waals surface area contributed by atoms with E-state index in [0.717, 1.165) is 53.1 Å².